The van der Waals surface area contributed by atoms with Crippen molar-refractivity contribution in [2.45, 2.75) is 13.0 Å². The van der Waals surface area contributed by atoms with Gasteiger partial charge in [0.1, 0.15) is 35.9 Å². The fraction of sp³-hybridized carbons (Fsp3) is 0.125. The molecule has 0 aliphatic carbocycles. The molecule has 0 saturated heterocycles. The number of nitrogens with one attached hydrogen (secondary N) is 1. The van der Waals surface area contributed by atoms with E-state index in [0.29, 0.717) is 33.4 Å². The maximum Gasteiger partial charge on any atom is 0.316 e. The summed E-state index contributed by atoms with van der Waals surface area (Å²) in [6, 6.07) is 10.7. The largest absolute Gasteiger partial charge is 0.467 e. The van der Waals surface area contributed by atoms with Crippen molar-refractivity contribution in [3.63, 3.8) is 0 Å². The van der Waals surface area contributed by atoms with Crippen LogP contribution in [0.2, 0.25) is 0 Å². The second kappa shape index (κ2) is 9.15. The first kappa shape index (κ1) is 22.5. The molecule has 12 nitrogen and oxygen atoms in total. The summed E-state index contributed by atoms with van der Waals surface area (Å²) >= 11 is 0. The molecule has 36 heavy (non-hydrogen) atoms. The number of rotatable bonds is 6. The molecule has 0 aliphatic rings. The van der Waals surface area contributed by atoms with E-state index in [4.69, 9.17) is 15.0 Å². The van der Waals surface area contributed by atoms with Gasteiger partial charge in [-0.25, -0.2) is 19.9 Å². The summed E-state index contributed by atoms with van der Waals surface area (Å²) in [5.74, 6) is 0.607. The number of fused-ring (bicyclic) bond motifs is 1. The van der Waals surface area contributed by atoms with Crippen LogP contribution in [0.5, 0.6) is 6.01 Å². The third-order valence-corrected chi connectivity index (χ3v) is 5.64. The van der Waals surface area contributed by atoms with Crippen molar-refractivity contribution in [2.24, 2.45) is 0 Å². The molecule has 1 aromatic carbocycles. The van der Waals surface area contributed by atoms with Gasteiger partial charge in [-0.1, -0.05) is 23.4 Å². The van der Waals surface area contributed by atoms with E-state index in [2.05, 4.69) is 30.4 Å². The molecule has 0 amide bonds. The quantitative estimate of drug-likeness (QED) is 0.365. The zero-order valence-corrected chi connectivity index (χ0v) is 19.2. The minimum atomic E-state index is -0.492. The van der Waals surface area contributed by atoms with Crippen LogP contribution in [-0.2, 0) is 0 Å². The molecule has 178 valence electrons. The number of hydrogen-bond donors (Lipinski definition) is 2. The van der Waals surface area contributed by atoms with E-state index in [-0.39, 0.29) is 28.8 Å². The summed E-state index contributed by atoms with van der Waals surface area (Å²) in [6.45, 7) is 1.83. The molecular formula is C24H19N9O3. The number of nitriles is 1. The minimum absolute atomic E-state index is 0.0564. The maximum absolute atomic E-state index is 14.0. The smallest absolute Gasteiger partial charge is 0.316 e. The van der Waals surface area contributed by atoms with Crippen LogP contribution in [0.25, 0.3) is 27.7 Å². The lowest BCUT2D eigenvalue weighted by Gasteiger charge is -2.21. The van der Waals surface area contributed by atoms with Crippen LogP contribution >= 0.6 is 0 Å². The Balaban J connectivity index is 1.71. The normalized spacial score (nSPS) is 11.7. The van der Waals surface area contributed by atoms with Gasteiger partial charge in [0.2, 0.25) is 0 Å². The Kier molecular flexibility index (Phi) is 5.71. The molecule has 5 aromatic rings. The zero-order valence-electron chi connectivity index (χ0n) is 19.2. The van der Waals surface area contributed by atoms with Crippen molar-refractivity contribution in [2.75, 3.05) is 18.2 Å². The number of benzene rings is 1. The monoisotopic (exact) mass is 481 g/mol. The molecule has 4 aromatic heterocycles. The molecule has 0 unspecified atom stereocenters. The standard InChI is InChI=1S/C24H19N9O3/c1-13(31-22-17(9-25)21(26)29-12-30-22)18-8-14-4-3-5-16(15-10-27-24(35-2)28-11-15)20(14)23(34)33(18)19-6-7-36-32-19/h3-8,10-13H,1-2H3,(H3,26,29,30,31)/t13-/m0/s1. The van der Waals surface area contributed by atoms with Gasteiger partial charge in [0.05, 0.1) is 24.2 Å². The predicted octanol–water partition coefficient (Wildman–Crippen LogP) is 2.86. The number of ether oxygens (including phenoxy) is 1. The second-order valence-corrected chi connectivity index (χ2v) is 7.76. The first-order chi connectivity index (χ1) is 17.5. The van der Waals surface area contributed by atoms with E-state index in [9.17, 15) is 10.1 Å². The van der Waals surface area contributed by atoms with Crippen LogP contribution in [0.4, 0.5) is 11.6 Å². The van der Waals surface area contributed by atoms with E-state index >= 15 is 0 Å². The molecule has 0 radical (unpaired) electrons. The Labute approximate surface area is 204 Å². The van der Waals surface area contributed by atoms with Crippen LogP contribution in [0.3, 0.4) is 0 Å². The molecule has 0 fully saturated rings. The number of pyridine rings is 1. The lowest BCUT2D eigenvalue weighted by molar-refractivity contribution is 0.380. The number of aromatic nitrogens is 6. The van der Waals surface area contributed by atoms with Gasteiger partial charge in [-0.15, -0.1) is 0 Å². The minimum Gasteiger partial charge on any atom is -0.467 e. The average molecular weight is 481 g/mol. The Hall–Kier alpha value is -5.31. The summed E-state index contributed by atoms with van der Waals surface area (Å²) in [5, 5.41) is 17.8. The highest BCUT2D eigenvalue weighted by atomic mass is 16.5. The molecule has 0 bridgehead atoms. The van der Waals surface area contributed by atoms with E-state index in [1.807, 2.05) is 37.3 Å². The van der Waals surface area contributed by atoms with Gasteiger partial charge in [0, 0.05) is 24.0 Å². The topological polar surface area (TPSA) is 171 Å². The molecule has 3 N–H and O–H groups in total. The molecule has 5 rings (SSSR count). The lowest BCUT2D eigenvalue weighted by atomic mass is 9.99. The van der Waals surface area contributed by atoms with Crippen LogP contribution in [0, 0.1) is 11.3 Å². The van der Waals surface area contributed by atoms with E-state index in [1.54, 1.807) is 18.5 Å². The molecular weight excluding hydrogens is 462 g/mol. The van der Waals surface area contributed by atoms with Crippen molar-refractivity contribution in [3.05, 3.63) is 76.9 Å². The molecule has 12 heteroatoms. The molecule has 1 atom stereocenters. The summed E-state index contributed by atoms with van der Waals surface area (Å²) in [5.41, 5.74) is 7.49. The number of nitrogens with zero attached hydrogens (tertiary/aromatic N) is 7. The van der Waals surface area contributed by atoms with Gasteiger partial charge in [0.15, 0.2) is 5.82 Å². The highest BCUT2D eigenvalue weighted by Gasteiger charge is 2.21. The maximum atomic E-state index is 14.0. The lowest BCUT2D eigenvalue weighted by Crippen LogP contribution is -2.26. The van der Waals surface area contributed by atoms with Crippen LogP contribution < -0.4 is 21.3 Å². The molecule has 4 heterocycles. The number of methoxy groups -OCH3 is 1. The van der Waals surface area contributed by atoms with Gasteiger partial charge in [-0.05, 0) is 23.9 Å². The van der Waals surface area contributed by atoms with Crippen LogP contribution in [-0.4, -0.2) is 36.8 Å². The van der Waals surface area contributed by atoms with Crippen molar-refractivity contribution < 1.29 is 9.26 Å². The Morgan fingerprint density at radius 2 is 2.00 bits per heavy atom. The number of nitrogens with two attached hydrogens (primary N) is 1. The van der Waals surface area contributed by atoms with Gasteiger partial charge < -0.3 is 20.3 Å². The average Bonchev–Trinajstić information content (AvgIpc) is 3.43. The van der Waals surface area contributed by atoms with Crippen molar-refractivity contribution >= 4 is 22.4 Å². The molecule has 0 saturated carbocycles. The second-order valence-electron chi connectivity index (χ2n) is 7.76. The Morgan fingerprint density at radius 3 is 2.69 bits per heavy atom. The van der Waals surface area contributed by atoms with Gasteiger partial charge >= 0.3 is 6.01 Å². The van der Waals surface area contributed by atoms with Crippen molar-refractivity contribution in [3.8, 4) is 29.0 Å². The van der Waals surface area contributed by atoms with Crippen molar-refractivity contribution in [1.82, 2.24) is 29.7 Å². The molecule has 0 spiro atoms. The first-order valence-electron chi connectivity index (χ1n) is 10.7. The SMILES string of the molecule is COc1ncc(-c2cccc3cc([C@H](C)Nc4ncnc(N)c4C#N)n(-c4ccon4)c(=O)c23)cn1. The first-order valence-corrected chi connectivity index (χ1v) is 10.7. The third kappa shape index (κ3) is 3.84. The van der Waals surface area contributed by atoms with Crippen molar-refractivity contribution in [1.29, 1.82) is 5.26 Å². The zero-order chi connectivity index (χ0) is 25.2. The highest BCUT2D eigenvalue weighted by molar-refractivity contribution is 5.96. The van der Waals surface area contributed by atoms with Gasteiger partial charge in [-0.3, -0.25) is 9.36 Å². The Morgan fingerprint density at radius 1 is 1.19 bits per heavy atom. The summed E-state index contributed by atoms with van der Waals surface area (Å²) in [6.07, 6.45) is 5.85. The number of hydrogen-bond acceptors (Lipinski definition) is 11. The van der Waals surface area contributed by atoms with Crippen LogP contribution in [0.15, 0.2) is 64.6 Å². The fourth-order valence-electron chi connectivity index (χ4n) is 3.96. The highest BCUT2D eigenvalue weighted by Crippen LogP contribution is 2.30. The summed E-state index contributed by atoms with van der Waals surface area (Å²) < 4.78 is 11.5. The summed E-state index contributed by atoms with van der Waals surface area (Å²) in [4.78, 5) is 30.3. The molecule has 0 aliphatic heterocycles. The van der Waals surface area contributed by atoms with E-state index in [1.165, 1.54) is 24.3 Å². The van der Waals surface area contributed by atoms with E-state index < -0.39 is 6.04 Å². The number of anilines is 2. The van der Waals surface area contributed by atoms with Crippen LogP contribution in [0.1, 0.15) is 24.2 Å². The summed E-state index contributed by atoms with van der Waals surface area (Å²) in [7, 11) is 1.48. The van der Waals surface area contributed by atoms with Gasteiger partial charge in [-0.2, -0.15) is 5.26 Å². The fourth-order valence-corrected chi connectivity index (χ4v) is 3.96. The predicted molar refractivity (Wildman–Crippen MR) is 130 cm³/mol. The number of nitrogen functional groups attached to an aromatic ring is 1. The van der Waals surface area contributed by atoms with E-state index in [0.717, 1.165) is 0 Å². The third-order valence-electron chi connectivity index (χ3n) is 5.64. The Bertz CT molecular complexity index is 1660. The van der Waals surface area contributed by atoms with Gasteiger partial charge in [0.25, 0.3) is 5.56 Å².